The van der Waals surface area contributed by atoms with Crippen molar-refractivity contribution < 1.29 is 0 Å². The summed E-state index contributed by atoms with van der Waals surface area (Å²) in [5.41, 5.74) is 5.90. The Morgan fingerprint density at radius 1 is 0.314 bits per heavy atom. The normalized spacial score (nSPS) is 11.9. The Kier molecular flexibility index (Phi) is 6.36. The fourth-order valence-corrected chi connectivity index (χ4v) is 10.2. The number of rotatable bonds is 4. The van der Waals surface area contributed by atoms with E-state index in [9.17, 15) is 0 Å². The first kappa shape index (κ1) is 28.8. The molecular formula is C48H29NS2. The van der Waals surface area contributed by atoms with E-state index in [1.807, 2.05) is 22.7 Å². The van der Waals surface area contributed by atoms with Crippen LogP contribution >= 0.6 is 22.7 Å². The van der Waals surface area contributed by atoms with Crippen LogP contribution < -0.4 is 4.90 Å². The van der Waals surface area contributed by atoms with E-state index in [1.165, 1.54) is 83.8 Å². The SMILES string of the molecule is c1ccc2c(c1)ccc1cc(-c3ccc(N(c4ccc5sc6ccccc6c5c4)c4ccc5sc6ccccc6c5c4)cc3)c3ccccc3c12. The molecule has 0 N–H and O–H groups in total. The first-order valence-corrected chi connectivity index (χ1v) is 19.0. The van der Waals surface area contributed by atoms with Crippen LogP contribution in [0, 0.1) is 0 Å². The Labute approximate surface area is 302 Å². The second-order valence-corrected chi connectivity index (χ2v) is 15.5. The number of hydrogen-bond acceptors (Lipinski definition) is 3. The fraction of sp³-hybridized carbons (Fsp3) is 0. The standard InChI is InChI=1S/C48H29NS2/c1-2-10-36-30(9-1)17-18-32-27-41(37-11-3-4-14-40(37)48(32)36)31-19-21-33(22-20-31)49(34-23-25-46-42(28-34)38-12-5-7-15-44(38)50-46)35-24-26-47-43(29-35)39-13-6-8-16-45(39)51-47/h1-29H. The average Bonchev–Trinajstić information content (AvgIpc) is 3.76. The van der Waals surface area contributed by atoms with Gasteiger partial charge in [0.15, 0.2) is 0 Å². The van der Waals surface area contributed by atoms with Gasteiger partial charge in [0, 0.05) is 57.4 Å². The maximum atomic E-state index is 2.42. The van der Waals surface area contributed by atoms with Crippen LogP contribution in [0.25, 0.3) is 83.8 Å². The van der Waals surface area contributed by atoms with E-state index >= 15 is 0 Å². The van der Waals surface area contributed by atoms with Crippen molar-refractivity contribution in [2.24, 2.45) is 0 Å². The highest BCUT2D eigenvalue weighted by atomic mass is 32.1. The van der Waals surface area contributed by atoms with Crippen LogP contribution in [0.4, 0.5) is 17.1 Å². The van der Waals surface area contributed by atoms with Gasteiger partial charge in [0.1, 0.15) is 0 Å². The average molecular weight is 684 g/mol. The summed E-state index contributed by atoms with van der Waals surface area (Å²) in [6.07, 6.45) is 0. The monoisotopic (exact) mass is 683 g/mol. The molecule has 0 bridgehead atoms. The van der Waals surface area contributed by atoms with Crippen LogP contribution in [-0.2, 0) is 0 Å². The minimum Gasteiger partial charge on any atom is -0.310 e. The van der Waals surface area contributed by atoms with Crippen molar-refractivity contribution in [2.75, 3.05) is 4.90 Å². The van der Waals surface area contributed by atoms with Gasteiger partial charge in [-0.15, -0.1) is 22.7 Å². The Morgan fingerprint density at radius 2 is 0.804 bits per heavy atom. The molecular weight excluding hydrogens is 655 g/mol. The summed E-state index contributed by atoms with van der Waals surface area (Å²) in [5, 5.41) is 12.9. The number of hydrogen-bond donors (Lipinski definition) is 0. The molecule has 0 unspecified atom stereocenters. The molecule has 1 nitrogen and oxygen atoms in total. The summed E-state index contributed by atoms with van der Waals surface area (Å²) in [5.74, 6) is 0. The summed E-state index contributed by atoms with van der Waals surface area (Å²) < 4.78 is 5.26. The van der Waals surface area contributed by atoms with Gasteiger partial charge >= 0.3 is 0 Å². The second kappa shape index (κ2) is 11.3. The molecule has 0 aliphatic carbocycles. The third-order valence-electron chi connectivity index (χ3n) is 10.4. The van der Waals surface area contributed by atoms with Gasteiger partial charge in [-0.05, 0) is 110 Å². The zero-order chi connectivity index (χ0) is 33.5. The molecule has 11 rings (SSSR count). The lowest BCUT2D eigenvalue weighted by atomic mass is 9.91. The third kappa shape index (κ3) is 4.52. The van der Waals surface area contributed by atoms with Crippen LogP contribution in [0.3, 0.4) is 0 Å². The molecule has 238 valence electrons. The lowest BCUT2D eigenvalue weighted by Gasteiger charge is -2.26. The Hall–Kier alpha value is -6.00. The van der Waals surface area contributed by atoms with Crippen molar-refractivity contribution in [2.45, 2.75) is 0 Å². The molecule has 9 aromatic carbocycles. The number of nitrogens with zero attached hydrogens (tertiary/aromatic N) is 1. The van der Waals surface area contributed by atoms with E-state index in [0.29, 0.717) is 0 Å². The highest BCUT2D eigenvalue weighted by Gasteiger charge is 2.18. The third-order valence-corrected chi connectivity index (χ3v) is 12.7. The zero-order valence-electron chi connectivity index (χ0n) is 27.5. The molecule has 0 aliphatic rings. The van der Waals surface area contributed by atoms with E-state index in [0.717, 1.165) is 17.1 Å². The lowest BCUT2D eigenvalue weighted by Crippen LogP contribution is -2.09. The Bertz CT molecular complexity index is 3030. The molecule has 0 aliphatic heterocycles. The van der Waals surface area contributed by atoms with Crippen molar-refractivity contribution in [3.05, 3.63) is 176 Å². The number of anilines is 3. The minimum absolute atomic E-state index is 1.13. The number of benzene rings is 9. The maximum absolute atomic E-state index is 2.42. The van der Waals surface area contributed by atoms with E-state index in [2.05, 4.69) is 181 Å². The Morgan fingerprint density at radius 3 is 1.45 bits per heavy atom. The summed E-state index contributed by atoms with van der Waals surface area (Å²) in [7, 11) is 0. The highest BCUT2D eigenvalue weighted by molar-refractivity contribution is 7.26. The van der Waals surface area contributed by atoms with E-state index in [1.54, 1.807) is 0 Å². The van der Waals surface area contributed by atoms with E-state index < -0.39 is 0 Å². The first-order chi connectivity index (χ1) is 25.3. The van der Waals surface area contributed by atoms with Gasteiger partial charge in [0.25, 0.3) is 0 Å². The van der Waals surface area contributed by atoms with Gasteiger partial charge in [-0.1, -0.05) is 109 Å². The van der Waals surface area contributed by atoms with Gasteiger partial charge in [-0.2, -0.15) is 0 Å². The molecule has 0 radical (unpaired) electrons. The van der Waals surface area contributed by atoms with Gasteiger partial charge in [0.2, 0.25) is 0 Å². The van der Waals surface area contributed by atoms with Gasteiger partial charge in [-0.25, -0.2) is 0 Å². The van der Waals surface area contributed by atoms with Crippen LogP contribution in [0.1, 0.15) is 0 Å². The molecule has 11 aromatic rings. The topological polar surface area (TPSA) is 3.24 Å². The van der Waals surface area contributed by atoms with Crippen molar-refractivity contribution in [3.63, 3.8) is 0 Å². The summed E-state index contributed by atoms with van der Waals surface area (Å²) in [6, 6.07) is 65.1. The maximum Gasteiger partial charge on any atom is 0.0468 e. The van der Waals surface area contributed by atoms with Crippen LogP contribution in [0.5, 0.6) is 0 Å². The number of fused-ring (bicyclic) bond motifs is 11. The molecule has 0 atom stereocenters. The smallest absolute Gasteiger partial charge is 0.0468 e. The molecule has 0 amide bonds. The van der Waals surface area contributed by atoms with Crippen molar-refractivity contribution in [3.8, 4) is 11.1 Å². The second-order valence-electron chi connectivity index (χ2n) is 13.3. The van der Waals surface area contributed by atoms with E-state index in [4.69, 9.17) is 0 Å². The molecule has 0 saturated carbocycles. The van der Waals surface area contributed by atoms with Gasteiger partial charge < -0.3 is 4.90 Å². The molecule has 0 saturated heterocycles. The molecule has 51 heavy (non-hydrogen) atoms. The Balaban J connectivity index is 1.10. The molecule has 2 heterocycles. The van der Waals surface area contributed by atoms with Gasteiger partial charge in [0.05, 0.1) is 0 Å². The quantitative estimate of drug-likeness (QED) is 0.167. The van der Waals surface area contributed by atoms with Crippen molar-refractivity contribution >= 4 is 112 Å². The van der Waals surface area contributed by atoms with Crippen molar-refractivity contribution in [1.29, 1.82) is 0 Å². The van der Waals surface area contributed by atoms with Crippen molar-refractivity contribution in [1.82, 2.24) is 0 Å². The molecule has 3 heteroatoms. The van der Waals surface area contributed by atoms with E-state index in [-0.39, 0.29) is 0 Å². The van der Waals surface area contributed by atoms with Crippen LogP contribution in [-0.4, -0.2) is 0 Å². The lowest BCUT2D eigenvalue weighted by molar-refractivity contribution is 1.30. The predicted octanol–water partition coefficient (Wildman–Crippen LogP) is 15.0. The summed E-state index contributed by atoms with van der Waals surface area (Å²) >= 11 is 3.73. The predicted molar refractivity (Wildman–Crippen MR) is 225 cm³/mol. The largest absolute Gasteiger partial charge is 0.310 e. The first-order valence-electron chi connectivity index (χ1n) is 17.3. The number of thiophene rings is 2. The summed E-state index contributed by atoms with van der Waals surface area (Å²) in [4.78, 5) is 2.42. The molecule has 0 fully saturated rings. The van der Waals surface area contributed by atoms with Crippen LogP contribution in [0.2, 0.25) is 0 Å². The summed E-state index contributed by atoms with van der Waals surface area (Å²) in [6.45, 7) is 0. The fourth-order valence-electron chi connectivity index (χ4n) is 8.06. The minimum atomic E-state index is 1.13. The van der Waals surface area contributed by atoms with Crippen LogP contribution in [0.15, 0.2) is 176 Å². The molecule has 0 spiro atoms. The highest BCUT2D eigenvalue weighted by Crippen LogP contribution is 2.44. The molecule has 2 aromatic heterocycles. The zero-order valence-corrected chi connectivity index (χ0v) is 29.1. The van der Waals surface area contributed by atoms with Gasteiger partial charge in [-0.3, -0.25) is 0 Å².